The number of hydrogen-bond acceptors (Lipinski definition) is 4. The molecule has 0 saturated carbocycles. The number of rotatable bonds is 6. The van der Waals surface area contributed by atoms with E-state index < -0.39 is 5.97 Å². The van der Waals surface area contributed by atoms with Crippen LogP contribution in [0.3, 0.4) is 0 Å². The van der Waals surface area contributed by atoms with Gasteiger partial charge < -0.3 is 20.1 Å². The van der Waals surface area contributed by atoms with Crippen molar-refractivity contribution in [3.8, 4) is 5.75 Å². The lowest BCUT2D eigenvalue weighted by Crippen LogP contribution is -2.32. The molecule has 1 atom stereocenters. The summed E-state index contributed by atoms with van der Waals surface area (Å²) in [7, 11) is 2.95. The number of hydrogen-bond donors (Lipinski definition) is 2. The molecule has 0 saturated heterocycles. The van der Waals surface area contributed by atoms with Gasteiger partial charge in [0, 0.05) is 5.69 Å². The molecule has 2 aromatic rings. The van der Waals surface area contributed by atoms with Gasteiger partial charge in [0.05, 0.1) is 30.8 Å². The Kier molecular flexibility index (Phi) is 7.24. The Morgan fingerprint density at radius 2 is 1.88 bits per heavy atom. The number of methoxy groups -OCH3 is 2. The highest BCUT2D eigenvalue weighted by Gasteiger charge is 2.14. The van der Waals surface area contributed by atoms with Gasteiger partial charge in [0.1, 0.15) is 5.75 Å². The fraction of sp³-hybridized carbons (Fsp3) is 0.263. The predicted octanol–water partition coefficient (Wildman–Crippen LogP) is 4.57. The maximum absolute atomic E-state index is 11.7. The number of benzene rings is 2. The molecule has 0 unspecified atom stereocenters. The maximum atomic E-state index is 11.7. The smallest absolute Gasteiger partial charge is 0.339 e. The number of carbonyl (C=O) groups excluding carboxylic acids is 1. The number of thiocarbonyl (C=S) groups is 1. The summed E-state index contributed by atoms with van der Waals surface area (Å²) < 4.78 is 9.91. The third kappa shape index (κ3) is 5.09. The van der Waals surface area contributed by atoms with Crippen LogP contribution < -0.4 is 15.4 Å². The molecule has 0 spiro atoms. The van der Waals surface area contributed by atoms with Gasteiger partial charge in [0.25, 0.3) is 0 Å². The van der Waals surface area contributed by atoms with Crippen LogP contribution in [-0.4, -0.2) is 25.3 Å². The average Bonchev–Trinajstić information content (AvgIpc) is 2.67. The van der Waals surface area contributed by atoms with E-state index in [1.54, 1.807) is 25.3 Å². The van der Waals surface area contributed by atoms with Gasteiger partial charge in [-0.1, -0.05) is 30.7 Å². The van der Waals surface area contributed by atoms with Crippen molar-refractivity contribution in [2.75, 3.05) is 19.5 Å². The molecular formula is C19H21ClN2O3S. The van der Waals surface area contributed by atoms with Crippen molar-refractivity contribution in [3.05, 3.63) is 58.6 Å². The first-order valence-corrected chi connectivity index (χ1v) is 8.86. The number of ether oxygens (including phenoxy) is 2. The molecule has 7 heteroatoms. The van der Waals surface area contributed by atoms with Crippen LogP contribution in [0.5, 0.6) is 5.75 Å². The monoisotopic (exact) mass is 392 g/mol. The zero-order valence-corrected chi connectivity index (χ0v) is 16.4. The van der Waals surface area contributed by atoms with E-state index in [1.165, 1.54) is 7.11 Å². The van der Waals surface area contributed by atoms with E-state index in [0.717, 1.165) is 17.7 Å². The Morgan fingerprint density at radius 1 is 1.19 bits per heavy atom. The Morgan fingerprint density at radius 3 is 2.46 bits per heavy atom. The Bertz CT molecular complexity index is 781. The summed E-state index contributed by atoms with van der Waals surface area (Å²) in [5, 5.41) is 7.13. The molecule has 5 nitrogen and oxygen atoms in total. The standard InChI is InChI=1S/C19H21ClN2O3S/c1-4-17(12-5-8-14(24-2)9-6-12)22-19(26)21-13-7-10-16(20)15(11-13)18(23)25-3/h5-11,17H,4H2,1-3H3,(H2,21,22,26)/t17-/m1/s1. The highest BCUT2D eigenvalue weighted by Crippen LogP contribution is 2.23. The molecule has 0 bridgehead atoms. The minimum atomic E-state index is -0.498. The number of nitrogens with one attached hydrogen (secondary N) is 2. The topological polar surface area (TPSA) is 59.6 Å². The van der Waals surface area contributed by atoms with E-state index in [1.807, 2.05) is 24.3 Å². The molecule has 2 rings (SSSR count). The van der Waals surface area contributed by atoms with Gasteiger partial charge in [0.2, 0.25) is 0 Å². The zero-order chi connectivity index (χ0) is 19.1. The van der Waals surface area contributed by atoms with Crippen molar-refractivity contribution in [2.24, 2.45) is 0 Å². The van der Waals surface area contributed by atoms with Crippen LogP contribution in [0.25, 0.3) is 0 Å². The molecule has 0 aliphatic rings. The van der Waals surface area contributed by atoms with Crippen LogP contribution >= 0.6 is 23.8 Å². The molecule has 0 amide bonds. The quantitative estimate of drug-likeness (QED) is 0.554. The molecule has 0 aliphatic carbocycles. The minimum Gasteiger partial charge on any atom is -0.497 e. The summed E-state index contributed by atoms with van der Waals surface area (Å²) >= 11 is 11.4. The first kappa shape index (κ1) is 20.0. The van der Waals surface area contributed by atoms with Crippen LogP contribution in [-0.2, 0) is 4.74 Å². The lowest BCUT2D eigenvalue weighted by molar-refractivity contribution is 0.0601. The van der Waals surface area contributed by atoms with Gasteiger partial charge in [-0.25, -0.2) is 4.79 Å². The van der Waals surface area contributed by atoms with E-state index in [2.05, 4.69) is 17.6 Å². The number of halogens is 1. The van der Waals surface area contributed by atoms with E-state index >= 15 is 0 Å². The Hall–Kier alpha value is -2.31. The summed E-state index contributed by atoms with van der Waals surface area (Å²) in [5.41, 5.74) is 2.03. The van der Waals surface area contributed by atoms with Crippen LogP contribution in [0.1, 0.15) is 35.3 Å². The van der Waals surface area contributed by atoms with Crippen molar-refractivity contribution >= 4 is 40.6 Å². The molecule has 2 aromatic carbocycles. The lowest BCUT2D eigenvalue weighted by Gasteiger charge is -2.20. The molecule has 0 radical (unpaired) electrons. The van der Waals surface area contributed by atoms with E-state index in [0.29, 0.717) is 15.8 Å². The maximum Gasteiger partial charge on any atom is 0.339 e. The average molecular weight is 393 g/mol. The highest BCUT2D eigenvalue weighted by atomic mass is 35.5. The summed E-state index contributed by atoms with van der Waals surface area (Å²) in [5.74, 6) is 0.308. The first-order valence-electron chi connectivity index (χ1n) is 8.07. The van der Waals surface area contributed by atoms with Crippen LogP contribution in [0, 0.1) is 0 Å². The lowest BCUT2D eigenvalue weighted by atomic mass is 10.0. The van der Waals surface area contributed by atoms with Crippen molar-refractivity contribution < 1.29 is 14.3 Å². The molecule has 0 heterocycles. The zero-order valence-electron chi connectivity index (χ0n) is 14.8. The van der Waals surface area contributed by atoms with Gasteiger partial charge in [-0.05, 0) is 54.5 Å². The van der Waals surface area contributed by atoms with Gasteiger partial charge in [-0.3, -0.25) is 0 Å². The van der Waals surface area contributed by atoms with E-state index in [4.69, 9.17) is 33.3 Å². The Balaban J connectivity index is 2.07. The summed E-state index contributed by atoms with van der Waals surface area (Å²) in [4.78, 5) is 11.7. The van der Waals surface area contributed by atoms with Gasteiger partial charge in [0.15, 0.2) is 5.11 Å². The highest BCUT2D eigenvalue weighted by molar-refractivity contribution is 7.80. The van der Waals surface area contributed by atoms with Crippen LogP contribution in [0.2, 0.25) is 5.02 Å². The minimum absolute atomic E-state index is 0.0493. The second kappa shape index (κ2) is 9.40. The largest absolute Gasteiger partial charge is 0.497 e. The van der Waals surface area contributed by atoms with Crippen molar-refractivity contribution in [1.29, 1.82) is 0 Å². The fourth-order valence-corrected chi connectivity index (χ4v) is 2.91. The summed E-state index contributed by atoms with van der Waals surface area (Å²) in [6.07, 6.45) is 0.849. The number of esters is 1. The van der Waals surface area contributed by atoms with E-state index in [9.17, 15) is 4.79 Å². The SMILES string of the molecule is CC[C@@H](NC(=S)Nc1ccc(Cl)c(C(=O)OC)c1)c1ccc(OC)cc1. The second-order valence-electron chi connectivity index (χ2n) is 5.52. The predicted molar refractivity (Wildman–Crippen MR) is 108 cm³/mol. The van der Waals surface area contributed by atoms with Crippen molar-refractivity contribution in [3.63, 3.8) is 0 Å². The molecule has 0 fully saturated rings. The summed E-state index contributed by atoms with van der Waals surface area (Å²) in [6, 6.07) is 12.9. The van der Waals surface area contributed by atoms with E-state index in [-0.39, 0.29) is 11.6 Å². The molecule has 26 heavy (non-hydrogen) atoms. The normalized spacial score (nSPS) is 11.4. The molecule has 0 aliphatic heterocycles. The molecule has 0 aromatic heterocycles. The molecule has 2 N–H and O–H groups in total. The fourth-order valence-electron chi connectivity index (χ4n) is 2.45. The number of carbonyl (C=O) groups is 1. The van der Waals surface area contributed by atoms with Gasteiger partial charge in [-0.2, -0.15) is 0 Å². The number of anilines is 1. The molecule has 138 valence electrons. The molecular weight excluding hydrogens is 372 g/mol. The summed E-state index contributed by atoms with van der Waals surface area (Å²) in [6.45, 7) is 2.07. The van der Waals surface area contributed by atoms with Crippen LogP contribution in [0.4, 0.5) is 5.69 Å². The third-order valence-corrected chi connectivity index (χ3v) is 4.41. The Labute approximate surface area is 163 Å². The van der Waals surface area contributed by atoms with Crippen molar-refractivity contribution in [2.45, 2.75) is 19.4 Å². The van der Waals surface area contributed by atoms with Gasteiger partial charge in [-0.15, -0.1) is 0 Å². The first-order chi connectivity index (χ1) is 12.5. The van der Waals surface area contributed by atoms with Crippen LogP contribution in [0.15, 0.2) is 42.5 Å². The van der Waals surface area contributed by atoms with Gasteiger partial charge >= 0.3 is 5.97 Å². The second-order valence-corrected chi connectivity index (χ2v) is 6.33. The van der Waals surface area contributed by atoms with Crippen molar-refractivity contribution in [1.82, 2.24) is 5.32 Å². The third-order valence-electron chi connectivity index (χ3n) is 3.86.